The molecule has 0 aliphatic carbocycles. The van der Waals surface area contributed by atoms with E-state index in [0.29, 0.717) is 11.3 Å². The molecule has 2 aromatic rings. The first kappa shape index (κ1) is 13.1. The van der Waals surface area contributed by atoms with Crippen molar-refractivity contribution in [2.24, 2.45) is 0 Å². The second-order valence-corrected chi connectivity index (χ2v) is 4.36. The number of carbonyl (C=O) groups is 1. The Morgan fingerprint density at radius 2 is 2.11 bits per heavy atom. The summed E-state index contributed by atoms with van der Waals surface area (Å²) in [6.07, 6.45) is 0.0350. The van der Waals surface area contributed by atoms with Crippen molar-refractivity contribution in [3.8, 4) is 11.5 Å². The van der Waals surface area contributed by atoms with E-state index in [0.717, 1.165) is 0 Å². The Morgan fingerprint density at radius 3 is 2.68 bits per heavy atom. The number of hydrogen-bond acceptors (Lipinski definition) is 5. The predicted molar refractivity (Wildman–Crippen MR) is 69.8 cm³/mol. The maximum atomic E-state index is 12.3. The number of carbonyl (C=O) groups excluding carboxylic acids is 1. The molecule has 0 aliphatic rings. The van der Waals surface area contributed by atoms with Crippen molar-refractivity contribution in [1.29, 1.82) is 0 Å². The highest BCUT2D eigenvalue weighted by atomic mass is 16.5. The lowest BCUT2D eigenvalue weighted by molar-refractivity contribution is -0.116. The first-order valence-electron chi connectivity index (χ1n) is 5.76. The Hall–Kier alpha value is -2.30. The second kappa shape index (κ2) is 4.76. The van der Waals surface area contributed by atoms with Crippen LogP contribution in [0.4, 0.5) is 0 Å². The van der Waals surface area contributed by atoms with Crippen LogP contribution < -0.4 is 10.2 Å². The minimum atomic E-state index is -0.271. The number of phenols is 1. The van der Waals surface area contributed by atoms with E-state index in [2.05, 4.69) is 0 Å². The quantitative estimate of drug-likeness (QED) is 0.914. The first-order chi connectivity index (χ1) is 8.93. The molecule has 19 heavy (non-hydrogen) atoms. The van der Waals surface area contributed by atoms with Crippen LogP contribution in [0.3, 0.4) is 0 Å². The standard InChI is InChI=1S/C14H14O5/c1-7(15)4-9-8(2)19-12-6-11(16)13(18-3)5-10(12)14(9)17/h5-6,16H,4H2,1-3H3. The molecule has 0 unspecified atom stereocenters. The van der Waals surface area contributed by atoms with E-state index in [-0.39, 0.29) is 40.1 Å². The summed E-state index contributed by atoms with van der Waals surface area (Å²) in [4.78, 5) is 23.5. The molecule has 0 bridgehead atoms. The summed E-state index contributed by atoms with van der Waals surface area (Å²) in [5.41, 5.74) is 0.341. The minimum Gasteiger partial charge on any atom is -0.504 e. The van der Waals surface area contributed by atoms with Crippen LogP contribution in [-0.2, 0) is 11.2 Å². The Balaban J connectivity index is 2.78. The molecule has 5 nitrogen and oxygen atoms in total. The lowest BCUT2D eigenvalue weighted by Gasteiger charge is -2.08. The molecular weight excluding hydrogens is 248 g/mol. The normalized spacial score (nSPS) is 10.7. The van der Waals surface area contributed by atoms with Crippen molar-refractivity contribution in [2.75, 3.05) is 7.11 Å². The fourth-order valence-electron chi connectivity index (χ4n) is 1.98. The predicted octanol–water partition coefficient (Wildman–Crippen LogP) is 1.95. The van der Waals surface area contributed by atoms with Crippen LogP contribution in [0.25, 0.3) is 11.0 Å². The van der Waals surface area contributed by atoms with Gasteiger partial charge in [-0.15, -0.1) is 0 Å². The van der Waals surface area contributed by atoms with E-state index in [1.807, 2.05) is 0 Å². The van der Waals surface area contributed by atoms with Crippen LogP contribution in [0.5, 0.6) is 11.5 Å². The molecule has 0 atom stereocenters. The van der Waals surface area contributed by atoms with Crippen molar-refractivity contribution in [1.82, 2.24) is 0 Å². The number of methoxy groups -OCH3 is 1. The molecule has 0 aliphatic heterocycles. The van der Waals surface area contributed by atoms with E-state index in [4.69, 9.17) is 9.15 Å². The molecule has 0 fully saturated rings. The molecule has 0 saturated carbocycles. The molecule has 5 heteroatoms. The van der Waals surface area contributed by atoms with Gasteiger partial charge in [0.1, 0.15) is 17.1 Å². The fraction of sp³-hybridized carbons (Fsp3) is 0.286. The highest BCUT2D eigenvalue weighted by molar-refractivity contribution is 5.84. The number of aromatic hydroxyl groups is 1. The van der Waals surface area contributed by atoms with Crippen LogP contribution in [0.15, 0.2) is 21.3 Å². The van der Waals surface area contributed by atoms with Gasteiger partial charge in [0.2, 0.25) is 0 Å². The number of hydrogen-bond donors (Lipinski definition) is 1. The van der Waals surface area contributed by atoms with E-state index in [9.17, 15) is 14.7 Å². The molecule has 0 spiro atoms. The van der Waals surface area contributed by atoms with Crippen LogP contribution in [-0.4, -0.2) is 18.0 Å². The fourth-order valence-corrected chi connectivity index (χ4v) is 1.98. The smallest absolute Gasteiger partial charge is 0.196 e. The van der Waals surface area contributed by atoms with Gasteiger partial charge in [0.05, 0.1) is 12.5 Å². The third-order valence-electron chi connectivity index (χ3n) is 2.91. The summed E-state index contributed by atoms with van der Waals surface area (Å²) < 4.78 is 10.4. The lowest BCUT2D eigenvalue weighted by Crippen LogP contribution is -2.14. The number of ketones is 1. The second-order valence-electron chi connectivity index (χ2n) is 4.36. The van der Waals surface area contributed by atoms with Crippen molar-refractivity contribution in [2.45, 2.75) is 20.3 Å². The zero-order valence-corrected chi connectivity index (χ0v) is 10.9. The highest BCUT2D eigenvalue weighted by Gasteiger charge is 2.15. The van der Waals surface area contributed by atoms with Crippen LogP contribution in [0.1, 0.15) is 18.2 Å². The Morgan fingerprint density at radius 1 is 1.42 bits per heavy atom. The molecule has 1 heterocycles. The van der Waals surface area contributed by atoms with Gasteiger partial charge in [0.25, 0.3) is 0 Å². The number of Topliss-reactive ketones (excluding diaryl/α,β-unsaturated/α-hetero) is 1. The number of phenolic OH excluding ortho intramolecular Hbond substituents is 1. The first-order valence-corrected chi connectivity index (χ1v) is 5.76. The van der Waals surface area contributed by atoms with Crippen molar-refractivity contribution in [3.05, 3.63) is 33.7 Å². The monoisotopic (exact) mass is 262 g/mol. The van der Waals surface area contributed by atoms with E-state index < -0.39 is 0 Å². The number of rotatable bonds is 3. The van der Waals surface area contributed by atoms with Gasteiger partial charge in [-0.05, 0) is 19.9 Å². The average molecular weight is 262 g/mol. The van der Waals surface area contributed by atoms with Gasteiger partial charge in [0.15, 0.2) is 16.9 Å². The minimum absolute atomic E-state index is 0.0350. The number of aryl methyl sites for hydroxylation is 1. The highest BCUT2D eigenvalue weighted by Crippen LogP contribution is 2.30. The third kappa shape index (κ3) is 2.31. The van der Waals surface area contributed by atoms with Crippen LogP contribution in [0.2, 0.25) is 0 Å². The van der Waals surface area contributed by atoms with Gasteiger partial charge in [-0.3, -0.25) is 9.59 Å². The zero-order valence-electron chi connectivity index (χ0n) is 10.9. The van der Waals surface area contributed by atoms with Gasteiger partial charge < -0.3 is 14.3 Å². The summed E-state index contributed by atoms with van der Waals surface area (Å²) in [5, 5.41) is 9.95. The molecule has 0 saturated heterocycles. The van der Waals surface area contributed by atoms with Crippen molar-refractivity contribution < 1.29 is 19.1 Å². The zero-order chi connectivity index (χ0) is 14.2. The molecular formula is C14H14O5. The number of benzene rings is 1. The van der Waals surface area contributed by atoms with Gasteiger partial charge in [-0.1, -0.05) is 0 Å². The molecule has 0 amide bonds. The maximum absolute atomic E-state index is 12.3. The molecule has 2 rings (SSSR count). The van der Waals surface area contributed by atoms with E-state index >= 15 is 0 Å². The third-order valence-corrected chi connectivity index (χ3v) is 2.91. The maximum Gasteiger partial charge on any atom is 0.196 e. The van der Waals surface area contributed by atoms with Crippen molar-refractivity contribution >= 4 is 16.8 Å². The van der Waals surface area contributed by atoms with Crippen LogP contribution in [0, 0.1) is 6.92 Å². The summed E-state index contributed by atoms with van der Waals surface area (Å²) in [6.45, 7) is 3.04. The van der Waals surface area contributed by atoms with Gasteiger partial charge in [-0.2, -0.15) is 0 Å². The Bertz CT molecular complexity index is 712. The van der Waals surface area contributed by atoms with E-state index in [1.165, 1.54) is 26.2 Å². The van der Waals surface area contributed by atoms with Gasteiger partial charge in [-0.25, -0.2) is 0 Å². The average Bonchev–Trinajstić information content (AvgIpc) is 2.33. The Kier molecular flexibility index (Phi) is 3.29. The summed E-state index contributed by atoms with van der Waals surface area (Å²) in [5.74, 6) is 0.368. The van der Waals surface area contributed by atoms with Gasteiger partial charge >= 0.3 is 0 Å². The molecule has 100 valence electrons. The Labute approximate surface area is 109 Å². The van der Waals surface area contributed by atoms with Crippen LogP contribution >= 0.6 is 0 Å². The molecule has 1 N–H and O–H groups in total. The lowest BCUT2D eigenvalue weighted by atomic mass is 10.1. The molecule has 1 aromatic carbocycles. The largest absolute Gasteiger partial charge is 0.504 e. The summed E-state index contributed by atoms with van der Waals surface area (Å²) in [7, 11) is 1.40. The van der Waals surface area contributed by atoms with Crippen molar-refractivity contribution in [3.63, 3.8) is 0 Å². The molecule has 0 radical (unpaired) electrons. The topological polar surface area (TPSA) is 76.7 Å². The molecule has 1 aromatic heterocycles. The number of fused-ring (bicyclic) bond motifs is 1. The summed E-state index contributed by atoms with van der Waals surface area (Å²) in [6, 6.07) is 2.75. The number of ether oxygens (including phenoxy) is 1. The van der Waals surface area contributed by atoms with Gasteiger partial charge in [0, 0.05) is 18.1 Å². The summed E-state index contributed by atoms with van der Waals surface area (Å²) >= 11 is 0. The SMILES string of the molecule is COc1cc2c(=O)c(CC(C)=O)c(C)oc2cc1O. The van der Waals surface area contributed by atoms with E-state index in [1.54, 1.807) is 6.92 Å².